The Bertz CT molecular complexity index is 1740. The summed E-state index contributed by atoms with van der Waals surface area (Å²) < 4.78 is 37.1. The third-order valence-corrected chi connectivity index (χ3v) is 10.2. The van der Waals surface area contributed by atoms with Crippen molar-refractivity contribution < 1.29 is 13.5 Å². The van der Waals surface area contributed by atoms with E-state index in [0.717, 1.165) is 42.6 Å². The number of hydrogen-bond acceptors (Lipinski definition) is 9. The van der Waals surface area contributed by atoms with Crippen LogP contribution in [0.15, 0.2) is 12.4 Å². The summed E-state index contributed by atoms with van der Waals surface area (Å²) in [6.07, 6.45) is 7.85. The molecule has 8 nitrogen and oxygen atoms in total. The fraction of sp³-hybridized carbons (Fsp3) is 0.429. The summed E-state index contributed by atoms with van der Waals surface area (Å²) in [5.74, 6) is -0.667. The molecule has 3 fully saturated rings. The lowest BCUT2D eigenvalue weighted by Gasteiger charge is -2.58. The molecule has 11 heteroatoms. The van der Waals surface area contributed by atoms with E-state index in [1.165, 1.54) is 32.4 Å². The van der Waals surface area contributed by atoms with Gasteiger partial charge >= 0.3 is 0 Å². The molecular formula is C28H25F2N7OS. The molecule has 3 aromatic heterocycles. The number of hydrogen-bond donors (Lipinski definition) is 1. The van der Waals surface area contributed by atoms with E-state index in [-0.39, 0.29) is 50.6 Å². The number of pyridine rings is 1. The average molecular weight is 546 g/mol. The molecule has 1 spiro atoms. The molecular weight excluding hydrogens is 520 g/mol. The number of ether oxygens (including phenoxy) is 1. The number of nitrogens with two attached hydrogens (primary N) is 1. The zero-order valence-electron chi connectivity index (χ0n) is 21.1. The van der Waals surface area contributed by atoms with E-state index in [1.807, 2.05) is 0 Å². The third-order valence-electron chi connectivity index (χ3n) is 9.19. The first-order chi connectivity index (χ1) is 19.0. The van der Waals surface area contributed by atoms with Crippen molar-refractivity contribution in [2.45, 2.75) is 44.9 Å². The molecule has 4 aromatic rings. The summed E-state index contributed by atoms with van der Waals surface area (Å²) >= 11 is 0.965. The van der Waals surface area contributed by atoms with Gasteiger partial charge in [0.1, 0.15) is 16.6 Å². The Labute approximate surface area is 227 Å². The van der Waals surface area contributed by atoms with E-state index in [2.05, 4.69) is 25.8 Å². The van der Waals surface area contributed by atoms with Crippen LogP contribution in [-0.4, -0.2) is 52.1 Å². The van der Waals surface area contributed by atoms with Gasteiger partial charge in [0.25, 0.3) is 0 Å². The van der Waals surface area contributed by atoms with Crippen molar-refractivity contribution in [1.82, 2.24) is 19.9 Å². The number of nitrogens with zero attached hydrogens (tertiary/aromatic N) is 6. The Morgan fingerprint density at radius 3 is 2.74 bits per heavy atom. The zero-order valence-corrected chi connectivity index (χ0v) is 22.0. The molecule has 39 heavy (non-hydrogen) atoms. The smallest absolute Gasteiger partial charge is 0.226 e. The largest absolute Gasteiger partial charge is 0.389 e. The third kappa shape index (κ3) is 3.28. The number of thiophene rings is 1. The van der Waals surface area contributed by atoms with Crippen LogP contribution in [0.25, 0.3) is 32.2 Å². The van der Waals surface area contributed by atoms with Crippen LogP contribution in [-0.2, 0) is 18.0 Å². The molecule has 2 saturated heterocycles. The van der Waals surface area contributed by atoms with E-state index in [9.17, 15) is 9.65 Å². The fourth-order valence-corrected chi connectivity index (χ4v) is 7.90. The predicted octanol–water partition coefficient (Wildman–Crippen LogP) is 4.73. The average Bonchev–Trinajstić information content (AvgIpc) is 3.62. The molecule has 1 aliphatic carbocycles. The van der Waals surface area contributed by atoms with E-state index in [0.29, 0.717) is 28.4 Å². The van der Waals surface area contributed by atoms with Gasteiger partial charge in [-0.25, -0.2) is 18.7 Å². The number of likely N-dealkylation sites (tertiary alicyclic amines) is 1. The predicted molar refractivity (Wildman–Crippen MR) is 144 cm³/mol. The number of halogens is 2. The first kappa shape index (κ1) is 23.4. The Balaban J connectivity index is 1.23. The number of nitrogen functional groups attached to an aromatic ring is 1. The molecule has 198 valence electrons. The fourth-order valence-electron chi connectivity index (χ4n) is 6.98. The van der Waals surface area contributed by atoms with Crippen LogP contribution in [0.5, 0.6) is 0 Å². The van der Waals surface area contributed by atoms with Gasteiger partial charge in [0.15, 0.2) is 11.6 Å². The highest BCUT2D eigenvalue weighted by atomic mass is 32.1. The molecule has 0 bridgehead atoms. The minimum Gasteiger partial charge on any atom is -0.389 e. The maximum atomic E-state index is 16.5. The number of nitriles is 1. The van der Waals surface area contributed by atoms with Gasteiger partial charge in [0, 0.05) is 54.8 Å². The van der Waals surface area contributed by atoms with Crippen molar-refractivity contribution >= 4 is 43.3 Å². The van der Waals surface area contributed by atoms with Gasteiger partial charge in [0.05, 0.1) is 35.4 Å². The van der Waals surface area contributed by atoms with Crippen LogP contribution in [0, 0.1) is 28.4 Å². The van der Waals surface area contributed by atoms with Crippen LogP contribution < -0.4 is 10.6 Å². The van der Waals surface area contributed by atoms with Crippen LogP contribution in [0.3, 0.4) is 0 Å². The van der Waals surface area contributed by atoms with Crippen molar-refractivity contribution in [2.24, 2.45) is 5.41 Å². The Kier molecular flexibility index (Phi) is 4.97. The number of rotatable bonds is 3. The SMILES string of the molecule is N#Cc1c(N)sc2c(F)cnc(-c3c4c(c5cnc(N6CC[C@@H](N7CC8(CCC8)C7)C6)nc5c3F)COC4)c12. The second kappa shape index (κ2) is 8.27. The van der Waals surface area contributed by atoms with Crippen molar-refractivity contribution in [3.8, 4) is 17.3 Å². The van der Waals surface area contributed by atoms with Gasteiger partial charge < -0.3 is 15.4 Å². The first-order valence-corrected chi connectivity index (χ1v) is 14.1. The lowest BCUT2D eigenvalue weighted by Crippen LogP contribution is -2.63. The Morgan fingerprint density at radius 1 is 1.15 bits per heavy atom. The molecule has 3 aliphatic heterocycles. The van der Waals surface area contributed by atoms with E-state index in [4.69, 9.17) is 15.5 Å². The number of benzene rings is 1. The second-order valence-corrected chi connectivity index (χ2v) is 12.4. The van der Waals surface area contributed by atoms with Crippen LogP contribution in [0.4, 0.5) is 19.7 Å². The summed E-state index contributed by atoms with van der Waals surface area (Å²) in [5.41, 5.74) is 8.67. The molecule has 6 heterocycles. The summed E-state index contributed by atoms with van der Waals surface area (Å²) in [7, 11) is 0. The van der Waals surface area contributed by atoms with Gasteiger partial charge in [-0.1, -0.05) is 6.42 Å². The van der Waals surface area contributed by atoms with Gasteiger partial charge in [-0.15, -0.1) is 11.3 Å². The monoisotopic (exact) mass is 545 g/mol. The van der Waals surface area contributed by atoms with E-state index >= 15 is 4.39 Å². The highest BCUT2D eigenvalue weighted by Gasteiger charge is 2.50. The van der Waals surface area contributed by atoms with Crippen LogP contribution in [0.2, 0.25) is 0 Å². The van der Waals surface area contributed by atoms with Crippen molar-refractivity contribution in [1.29, 1.82) is 5.26 Å². The molecule has 0 radical (unpaired) electrons. The maximum absolute atomic E-state index is 16.5. The van der Waals surface area contributed by atoms with E-state index < -0.39 is 11.6 Å². The van der Waals surface area contributed by atoms with Crippen molar-refractivity contribution in [3.05, 3.63) is 40.7 Å². The van der Waals surface area contributed by atoms with E-state index in [1.54, 1.807) is 6.20 Å². The van der Waals surface area contributed by atoms with Gasteiger partial charge in [-0.05, 0) is 35.8 Å². The summed E-state index contributed by atoms with van der Waals surface area (Å²) in [6.45, 7) is 4.47. The number of anilines is 2. The molecule has 1 aromatic carbocycles. The molecule has 0 amide bonds. The molecule has 8 rings (SSSR count). The lowest BCUT2D eigenvalue weighted by molar-refractivity contribution is -0.0786. The number of aromatic nitrogens is 3. The van der Waals surface area contributed by atoms with Gasteiger partial charge in [-0.3, -0.25) is 9.88 Å². The zero-order chi connectivity index (χ0) is 26.5. The van der Waals surface area contributed by atoms with Crippen LogP contribution >= 0.6 is 11.3 Å². The number of fused-ring (bicyclic) bond motifs is 4. The first-order valence-electron chi connectivity index (χ1n) is 13.3. The van der Waals surface area contributed by atoms with Crippen LogP contribution in [0.1, 0.15) is 42.4 Å². The molecule has 1 saturated carbocycles. The minimum atomic E-state index is -0.598. The maximum Gasteiger partial charge on any atom is 0.226 e. The van der Waals surface area contributed by atoms with Gasteiger partial charge in [0.2, 0.25) is 5.95 Å². The normalized spacial score (nSPS) is 21.9. The summed E-state index contributed by atoms with van der Waals surface area (Å²) in [4.78, 5) is 18.4. The highest BCUT2D eigenvalue weighted by molar-refractivity contribution is 7.23. The van der Waals surface area contributed by atoms with Gasteiger partial charge in [-0.2, -0.15) is 5.26 Å². The molecule has 4 aliphatic rings. The highest BCUT2D eigenvalue weighted by Crippen LogP contribution is 2.49. The topological polar surface area (TPSA) is 104 Å². The molecule has 2 N–H and O–H groups in total. The second-order valence-electron chi connectivity index (χ2n) is 11.3. The summed E-state index contributed by atoms with van der Waals surface area (Å²) in [6, 6.07) is 2.52. The standard InChI is InChI=1S/C28H25F2N7OS/c29-19-8-33-24(21-15(6-31)26(32)39-25(19)21)20-18-11-38-10-17(18)16-7-34-27(35-23(16)22(20)30)36-5-2-14(9-36)37-12-28(13-37)3-1-4-28/h7-8,14H,1-5,9-13,32H2/t14-/m1/s1. The quantitative estimate of drug-likeness (QED) is 0.394. The van der Waals surface area contributed by atoms with Crippen molar-refractivity contribution in [2.75, 3.05) is 36.8 Å². The molecule has 1 atom stereocenters. The minimum absolute atomic E-state index is 0.102. The Morgan fingerprint density at radius 2 is 1.97 bits per heavy atom. The summed E-state index contributed by atoms with van der Waals surface area (Å²) in [5, 5.41) is 10.8. The molecule has 0 unspecified atom stereocenters. The Hall–Kier alpha value is -3.46. The van der Waals surface area contributed by atoms with Crippen molar-refractivity contribution in [3.63, 3.8) is 0 Å². The lowest BCUT2D eigenvalue weighted by atomic mass is 9.63.